The zero-order valence-corrected chi connectivity index (χ0v) is 12.7. The molecule has 0 amide bonds. The van der Waals surface area contributed by atoms with Crippen molar-refractivity contribution in [2.24, 2.45) is 0 Å². The van der Waals surface area contributed by atoms with Crippen LogP contribution in [-0.2, 0) is 16.0 Å². The van der Waals surface area contributed by atoms with Crippen LogP contribution in [0.5, 0.6) is 0 Å². The van der Waals surface area contributed by atoms with E-state index in [9.17, 15) is 4.79 Å². The number of benzene rings is 1. The maximum Gasteiger partial charge on any atom is 0.335 e. The Labute approximate surface area is 130 Å². The molecule has 22 heavy (non-hydrogen) atoms. The molecule has 2 fully saturated rings. The summed E-state index contributed by atoms with van der Waals surface area (Å²) >= 11 is 0. The molecule has 0 bridgehead atoms. The van der Waals surface area contributed by atoms with E-state index in [1.165, 1.54) is 19.3 Å². The second-order valence-corrected chi connectivity index (χ2v) is 6.16. The van der Waals surface area contributed by atoms with Crippen LogP contribution in [0.3, 0.4) is 0 Å². The monoisotopic (exact) mass is 305 g/mol. The van der Waals surface area contributed by atoms with Crippen molar-refractivity contribution in [3.8, 4) is 0 Å². The minimum absolute atomic E-state index is 0.0840. The highest BCUT2D eigenvalue weighted by Crippen LogP contribution is 2.37. The molecule has 0 radical (unpaired) electrons. The molecule has 1 saturated heterocycles. The summed E-state index contributed by atoms with van der Waals surface area (Å²) in [5.74, 6) is -1.22. The van der Waals surface area contributed by atoms with E-state index in [1.807, 2.05) is 6.07 Å². The molecule has 3 rings (SSSR count). The number of nitrogens with one attached hydrogen (secondary N) is 1. The van der Waals surface area contributed by atoms with Crippen LogP contribution in [0.15, 0.2) is 24.3 Å². The molecular weight excluding hydrogens is 282 g/mol. The number of hydrogen-bond acceptors (Lipinski definition) is 4. The summed E-state index contributed by atoms with van der Waals surface area (Å²) in [4.78, 5) is 11.0. The van der Waals surface area contributed by atoms with E-state index in [-0.39, 0.29) is 11.9 Å². The van der Waals surface area contributed by atoms with Gasteiger partial charge < -0.3 is 19.9 Å². The molecule has 5 heteroatoms. The molecule has 1 atom stereocenters. The van der Waals surface area contributed by atoms with Crippen molar-refractivity contribution in [2.75, 3.05) is 13.2 Å². The first-order valence-electron chi connectivity index (χ1n) is 8.02. The van der Waals surface area contributed by atoms with Crippen LogP contribution in [0.1, 0.15) is 48.0 Å². The highest BCUT2D eigenvalue weighted by Gasteiger charge is 2.41. The van der Waals surface area contributed by atoms with E-state index in [4.69, 9.17) is 14.6 Å². The number of ether oxygens (including phenoxy) is 2. The molecule has 2 aliphatic rings. The Morgan fingerprint density at radius 2 is 2.14 bits per heavy atom. The Morgan fingerprint density at radius 1 is 1.32 bits per heavy atom. The van der Waals surface area contributed by atoms with Crippen molar-refractivity contribution < 1.29 is 19.4 Å². The van der Waals surface area contributed by atoms with E-state index < -0.39 is 5.97 Å². The van der Waals surface area contributed by atoms with Crippen LogP contribution >= 0.6 is 0 Å². The molecule has 120 valence electrons. The van der Waals surface area contributed by atoms with Gasteiger partial charge in [0, 0.05) is 25.9 Å². The quantitative estimate of drug-likeness (QED) is 0.875. The first kappa shape index (κ1) is 15.5. The van der Waals surface area contributed by atoms with Gasteiger partial charge in [0.25, 0.3) is 0 Å². The molecule has 5 nitrogen and oxygen atoms in total. The van der Waals surface area contributed by atoms with Crippen LogP contribution in [0.25, 0.3) is 0 Å². The number of carbonyl (C=O) groups is 1. The lowest BCUT2D eigenvalue weighted by molar-refractivity contribution is -0.186. The van der Waals surface area contributed by atoms with Crippen molar-refractivity contribution >= 4 is 5.97 Å². The minimum atomic E-state index is -0.895. The van der Waals surface area contributed by atoms with Crippen molar-refractivity contribution in [1.29, 1.82) is 0 Å². The van der Waals surface area contributed by atoms with Crippen molar-refractivity contribution in [2.45, 2.75) is 50.5 Å². The Hall–Kier alpha value is -1.43. The highest BCUT2D eigenvalue weighted by molar-refractivity contribution is 5.87. The second-order valence-electron chi connectivity index (χ2n) is 6.16. The number of carboxylic acid groups (broad SMARTS) is 1. The lowest BCUT2D eigenvalue weighted by Crippen LogP contribution is -2.35. The number of hydrogen-bond donors (Lipinski definition) is 2. The fourth-order valence-electron chi connectivity index (χ4n) is 3.26. The minimum Gasteiger partial charge on any atom is -0.478 e. The molecule has 0 aromatic heterocycles. The summed E-state index contributed by atoms with van der Waals surface area (Å²) in [5.41, 5.74) is 1.28. The average Bonchev–Trinajstić information content (AvgIpc) is 2.91. The zero-order chi connectivity index (χ0) is 15.4. The predicted molar refractivity (Wildman–Crippen MR) is 81.7 cm³/mol. The summed E-state index contributed by atoms with van der Waals surface area (Å²) in [7, 11) is 0. The molecule has 1 aromatic rings. The Kier molecular flexibility index (Phi) is 4.76. The van der Waals surface area contributed by atoms with Crippen molar-refractivity contribution in [3.05, 3.63) is 35.4 Å². The third-order valence-electron chi connectivity index (χ3n) is 4.40. The van der Waals surface area contributed by atoms with Crippen LogP contribution < -0.4 is 5.32 Å². The van der Waals surface area contributed by atoms with E-state index in [2.05, 4.69) is 5.32 Å². The second kappa shape index (κ2) is 6.77. The largest absolute Gasteiger partial charge is 0.478 e. The van der Waals surface area contributed by atoms with E-state index in [1.54, 1.807) is 18.2 Å². The van der Waals surface area contributed by atoms with Gasteiger partial charge in [0.1, 0.15) is 0 Å². The average molecular weight is 305 g/mol. The number of carboxylic acids is 1. The molecule has 1 saturated carbocycles. The normalized spacial score (nSPS) is 23.7. The summed E-state index contributed by atoms with van der Waals surface area (Å²) in [6.45, 7) is 2.00. The van der Waals surface area contributed by atoms with Gasteiger partial charge in [0.15, 0.2) is 5.79 Å². The van der Waals surface area contributed by atoms with Gasteiger partial charge in [-0.25, -0.2) is 4.79 Å². The van der Waals surface area contributed by atoms with Gasteiger partial charge in [-0.1, -0.05) is 18.6 Å². The summed E-state index contributed by atoms with van der Waals surface area (Å²) < 4.78 is 12.0. The Balaban J connectivity index is 1.46. The smallest absolute Gasteiger partial charge is 0.335 e. The first-order valence-corrected chi connectivity index (χ1v) is 8.02. The maximum absolute atomic E-state index is 11.0. The SMILES string of the molecule is O=C(O)c1cccc(CNCC2COC3(CCCCC3)O2)c1. The van der Waals surface area contributed by atoms with Crippen LogP contribution in [-0.4, -0.2) is 36.1 Å². The molecule has 1 spiro atoms. The molecule has 1 aliphatic heterocycles. The molecule has 1 unspecified atom stereocenters. The third-order valence-corrected chi connectivity index (χ3v) is 4.40. The standard InChI is InChI=1S/C17H23NO4/c19-16(20)14-6-4-5-13(9-14)10-18-11-15-12-21-17(22-15)7-2-1-3-8-17/h4-6,9,15,18H,1-3,7-8,10-12H2,(H,19,20). The molecule has 2 N–H and O–H groups in total. The lowest BCUT2D eigenvalue weighted by atomic mass is 9.94. The van der Waals surface area contributed by atoms with Crippen LogP contribution in [0.2, 0.25) is 0 Å². The van der Waals surface area contributed by atoms with Crippen LogP contribution in [0.4, 0.5) is 0 Å². The van der Waals surface area contributed by atoms with Gasteiger partial charge in [-0.3, -0.25) is 0 Å². The fourth-order valence-corrected chi connectivity index (χ4v) is 3.26. The topological polar surface area (TPSA) is 67.8 Å². The number of aromatic carboxylic acids is 1. The summed E-state index contributed by atoms with van der Waals surface area (Å²) in [5, 5.41) is 12.3. The highest BCUT2D eigenvalue weighted by atomic mass is 16.7. The summed E-state index contributed by atoms with van der Waals surface area (Å²) in [6.07, 6.45) is 5.73. The van der Waals surface area contributed by atoms with Gasteiger partial charge >= 0.3 is 5.97 Å². The lowest BCUT2D eigenvalue weighted by Gasteiger charge is -2.31. The van der Waals surface area contributed by atoms with Gasteiger partial charge in [-0.2, -0.15) is 0 Å². The van der Waals surface area contributed by atoms with Gasteiger partial charge in [0.05, 0.1) is 18.3 Å². The molecule has 1 aliphatic carbocycles. The fraction of sp³-hybridized carbons (Fsp3) is 0.588. The van der Waals surface area contributed by atoms with Crippen LogP contribution in [0, 0.1) is 0 Å². The van der Waals surface area contributed by atoms with E-state index in [0.717, 1.165) is 24.9 Å². The van der Waals surface area contributed by atoms with Crippen molar-refractivity contribution in [1.82, 2.24) is 5.32 Å². The Morgan fingerprint density at radius 3 is 2.91 bits per heavy atom. The van der Waals surface area contributed by atoms with E-state index >= 15 is 0 Å². The Bertz CT molecular complexity index is 525. The summed E-state index contributed by atoms with van der Waals surface area (Å²) in [6, 6.07) is 7.00. The molecular formula is C17H23NO4. The molecule has 1 heterocycles. The van der Waals surface area contributed by atoms with Gasteiger partial charge in [-0.05, 0) is 30.5 Å². The van der Waals surface area contributed by atoms with Crippen molar-refractivity contribution in [3.63, 3.8) is 0 Å². The zero-order valence-electron chi connectivity index (χ0n) is 12.7. The molecule has 1 aromatic carbocycles. The number of rotatable bonds is 5. The predicted octanol–water partition coefficient (Wildman–Crippen LogP) is 2.55. The first-order chi connectivity index (χ1) is 10.7. The third kappa shape index (κ3) is 3.66. The van der Waals surface area contributed by atoms with Gasteiger partial charge in [0.2, 0.25) is 0 Å². The van der Waals surface area contributed by atoms with E-state index in [0.29, 0.717) is 18.7 Å². The van der Waals surface area contributed by atoms with Gasteiger partial charge in [-0.15, -0.1) is 0 Å². The maximum atomic E-state index is 11.0.